The van der Waals surface area contributed by atoms with Crippen molar-refractivity contribution >= 4 is 21.7 Å². The molecule has 2 unspecified atom stereocenters. The summed E-state index contributed by atoms with van der Waals surface area (Å²) < 4.78 is 66.2. The zero-order valence-corrected chi connectivity index (χ0v) is 18.8. The smallest absolute Gasteiger partial charge is 0.347 e. The van der Waals surface area contributed by atoms with Crippen LogP contribution in [0.2, 0.25) is 0 Å². The normalized spacial score (nSPS) is 28.3. The molecule has 1 saturated carbocycles. The van der Waals surface area contributed by atoms with Crippen molar-refractivity contribution in [2.45, 2.75) is 60.5 Å². The first-order chi connectivity index (χ1) is 15.5. The SMILES string of the molecule is O=C1NC2(CNC2)CC1C(=O)N1CC2(CCCCC2)C1S(=O)(=O)c1ccc(C(F)(F)F)cc1. The van der Waals surface area contributed by atoms with E-state index in [4.69, 9.17) is 0 Å². The molecule has 3 saturated heterocycles. The molecule has 33 heavy (non-hydrogen) atoms. The molecule has 4 aliphatic rings. The van der Waals surface area contributed by atoms with Gasteiger partial charge in [-0.3, -0.25) is 9.59 Å². The van der Waals surface area contributed by atoms with E-state index >= 15 is 0 Å². The third kappa shape index (κ3) is 3.54. The summed E-state index contributed by atoms with van der Waals surface area (Å²) in [4.78, 5) is 27.0. The Morgan fingerprint density at radius 1 is 1.06 bits per heavy atom. The van der Waals surface area contributed by atoms with Crippen LogP contribution >= 0.6 is 0 Å². The molecule has 0 bridgehead atoms. The predicted octanol–water partition coefficient (Wildman–Crippen LogP) is 2.08. The van der Waals surface area contributed by atoms with Crippen molar-refractivity contribution in [2.24, 2.45) is 11.3 Å². The molecule has 2 atom stereocenters. The summed E-state index contributed by atoms with van der Waals surface area (Å²) in [6, 6.07) is 3.44. The van der Waals surface area contributed by atoms with Crippen LogP contribution in [0.5, 0.6) is 0 Å². The fourth-order valence-corrected chi connectivity index (χ4v) is 8.23. The number of nitrogens with one attached hydrogen (secondary N) is 2. The molecule has 0 radical (unpaired) electrons. The van der Waals surface area contributed by atoms with E-state index in [1.54, 1.807) is 0 Å². The minimum absolute atomic E-state index is 0.238. The molecule has 2 amide bonds. The Hall–Kier alpha value is -2.14. The zero-order chi connectivity index (χ0) is 23.6. The molecule has 1 aliphatic carbocycles. The van der Waals surface area contributed by atoms with Gasteiger partial charge in [-0.1, -0.05) is 19.3 Å². The highest BCUT2D eigenvalue weighted by Gasteiger charge is 2.63. The molecule has 2 N–H and O–H groups in total. The van der Waals surface area contributed by atoms with E-state index < -0.39 is 55.6 Å². The molecule has 7 nitrogen and oxygen atoms in total. The average molecular weight is 486 g/mol. The lowest BCUT2D eigenvalue weighted by Gasteiger charge is -2.58. The van der Waals surface area contributed by atoms with Crippen molar-refractivity contribution in [3.05, 3.63) is 29.8 Å². The Balaban J connectivity index is 1.46. The third-order valence-electron chi connectivity index (χ3n) is 7.75. The van der Waals surface area contributed by atoms with E-state index in [1.807, 2.05) is 0 Å². The number of halogens is 3. The molecule has 11 heteroatoms. The van der Waals surface area contributed by atoms with Crippen LogP contribution in [0.1, 0.15) is 44.1 Å². The number of rotatable bonds is 3. The van der Waals surface area contributed by atoms with E-state index in [-0.39, 0.29) is 11.4 Å². The third-order valence-corrected chi connectivity index (χ3v) is 10.0. The number of hydrogen-bond donors (Lipinski definition) is 2. The summed E-state index contributed by atoms with van der Waals surface area (Å²) in [5.74, 6) is -1.84. The minimum Gasteiger partial charge on any atom is -0.347 e. The average Bonchev–Trinajstić information content (AvgIpc) is 3.10. The van der Waals surface area contributed by atoms with Crippen LogP contribution in [-0.2, 0) is 25.6 Å². The monoisotopic (exact) mass is 485 g/mol. The molecule has 1 aromatic rings. The highest BCUT2D eigenvalue weighted by Crippen LogP contribution is 2.53. The van der Waals surface area contributed by atoms with Gasteiger partial charge in [0.1, 0.15) is 11.3 Å². The van der Waals surface area contributed by atoms with Gasteiger partial charge in [0.2, 0.25) is 11.8 Å². The van der Waals surface area contributed by atoms with Crippen LogP contribution in [0.25, 0.3) is 0 Å². The predicted molar refractivity (Wildman–Crippen MR) is 111 cm³/mol. The number of benzene rings is 1. The second kappa shape index (κ2) is 7.43. The number of sulfone groups is 1. The maximum atomic E-state index is 13.7. The summed E-state index contributed by atoms with van der Waals surface area (Å²) in [6.07, 6.45) is -0.359. The fraction of sp³-hybridized carbons (Fsp3) is 0.636. The topological polar surface area (TPSA) is 95.6 Å². The first-order valence-electron chi connectivity index (χ1n) is 11.2. The molecule has 3 heterocycles. The van der Waals surface area contributed by atoms with Crippen molar-refractivity contribution in [3.63, 3.8) is 0 Å². The van der Waals surface area contributed by atoms with Crippen molar-refractivity contribution < 1.29 is 31.2 Å². The van der Waals surface area contributed by atoms with E-state index in [2.05, 4.69) is 10.6 Å². The number of carbonyl (C=O) groups is 2. The first-order valence-corrected chi connectivity index (χ1v) is 12.8. The molecule has 5 rings (SSSR count). The highest BCUT2D eigenvalue weighted by atomic mass is 32.2. The Kier molecular flexibility index (Phi) is 5.10. The van der Waals surface area contributed by atoms with Crippen LogP contribution < -0.4 is 10.6 Å². The maximum absolute atomic E-state index is 13.7. The van der Waals surface area contributed by atoms with Gasteiger partial charge in [0.05, 0.1) is 16.0 Å². The van der Waals surface area contributed by atoms with Gasteiger partial charge >= 0.3 is 6.18 Å². The minimum atomic E-state index is -4.58. The standard InChI is InChI=1S/C22H26F3N3O4S/c23-22(24,25)14-4-6-15(7-5-14)33(31,32)19-20(8-2-1-3-9-20)13-28(19)18(30)16-10-21(11-26-12-21)27-17(16)29/h4-7,16,19,26H,1-3,8-13H2,(H,27,29). The van der Waals surface area contributed by atoms with Crippen LogP contribution in [-0.4, -0.2) is 55.7 Å². The van der Waals surface area contributed by atoms with E-state index in [0.717, 1.165) is 43.5 Å². The van der Waals surface area contributed by atoms with E-state index in [0.29, 0.717) is 32.4 Å². The van der Waals surface area contributed by atoms with Crippen molar-refractivity contribution in [2.75, 3.05) is 19.6 Å². The number of hydrogen-bond acceptors (Lipinski definition) is 5. The fourth-order valence-electron chi connectivity index (χ4n) is 5.97. The lowest BCUT2D eigenvalue weighted by Crippen LogP contribution is -2.70. The number of amides is 2. The van der Waals surface area contributed by atoms with E-state index in [1.165, 1.54) is 4.90 Å². The van der Waals surface area contributed by atoms with Gasteiger partial charge in [-0.25, -0.2) is 8.42 Å². The number of nitrogens with zero attached hydrogens (tertiary/aromatic N) is 1. The molecule has 2 spiro atoms. The van der Waals surface area contributed by atoms with Crippen molar-refractivity contribution in [1.82, 2.24) is 15.5 Å². The Morgan fingerprint density at radius 2 is 1.70 bits per heavy atom. The second-order valence-corrected chi connectivity index (χ2v) is 11.9. The summed E-state index contributed by atoms with van der Waals surface area (Å²) in [7, 11) is -4.14. The van der Waals surface area contributed by atoms with Gasteiger partial charge in [-0.2, -0.15) is 13.2 Å². The maximum Gasteiger partial charge on any atom is 0.416 e. The van der Waals surface area contributed by atoms with Crippen LogP contribution in [0.3, 0.4) is 0 Å². The highest BCUT2D eigenvalue weighted by molar-refractivity contribution is 7.92. The number of likely N-dealkylation sites (tertiary alicyclic amines) is 1. The lowest BCUT2D eigenvalue weighted by atomic mass is 9.68. The molecular weight excluding hydrogens is 459 g/mol. The molecule has 0 aromatic heterocycles. The summed E-state index contributed by atoms with van der Waals surface area (Å²) >= 11 is 0. The van der Waals surface area contributed by atoms with Crippen LogP contribution in [0.15, 0.2) is 29.2 Å². The molecule has 4 fully saturated rings. The van der Waals surface area contributed by atoms with Gasteiger partial charge in [0, 0.05) is 25.0 Å². The quantitative estimate of drug-likeness (QED) is 0.640. The Labute approximate surface area is 190 Å². The molecular formula is C22H26F3N3O4S. The summed E-state index contributed by atoms with van der Waals surface area (Å²) in [5, 5.41) is 4.79. The largest absolute Gasteiger partial charge is 0.416 e. The van der Waals surface area contributed by atoms with Crippen LogP contribution in [0.4, 0.5) is 13.2 Å². The summed E-state index contributed by atoms with van der Waals surface area (Å²) in [5.41, 5.74) is -2.01. The zero-order valence-electron chi connectivity index (χ0n) is 18.0. The van der Waals surface area contributed by atoms with Gasteiger partial charge in [0.25, 0.3) is 0 Å². The Morgan fingerprint density at radius 3 is 2.21 bits per heavy atom. The van der Waals surface area contributed by atoms with Gasteiger partial charge in [-0.15, -0.1) is 0 Å². The first kappa shape index (κ1) is 22.6. The number of carbonyl (C=O) groups excluding carboxylic acids is 2. The van der Waals surface area contributed by atoms with Crippen molar-refractivity contribution in [1.29, 1.82) is 0 Å². The number of alkyl halides is 3. The van der Waals surface area contributed by atoms with Gasteiger partial charge < -0.3 is 15.5 Å². The Bertz CT molecular complexity index is 1080. The summed E-state index contributed by atoms with van der Waals surface area (Å²) in [6.45, 7) is 1.39. The second-order valence-electron chi connectivity index (χ2n) is 9.94. The van der Waals surface area contributed by atoms with Crippen LogP contribution in [0, 0.1) is 11.3 Å². The molecule has 1 aromatic carbocycles. The van der Waals surface area contributed by atoms with Gasteiger partial charge in [0.15, 0.2) is 9.84 Å². The molecule has 3 aliphatic heterocycles. The molecule has 180 valence electrons. The lowest BCUT2D eigenvalue weighted by molar-refractivity contribution is -0.156. The van der Waals surface area contributed by atoms with Crippen molar-refractivity contribution in [3.8, 4) is 0 Å². The van der Waals surface area contributed by atoms with Gasteiger partial charge in [-0.05, 0) is 43.5 Å². The van der Waals surface area contributed by atoms with E-state index in [9.17, 15) is 31.2 Å².